The van der Waals surface area contributed by atoms with E-state index in [4.69, 9.17) is 0 Å². The summed E-state index contributed by atoms with van der Waals surface area (Å²) in [6.45, 7) is 0.412. The molecule has 3 rings (SSSR count). The third kappa shape index (κ3) is 2.63. The van der Waals surface area contributed by atoms with Crippen LogP contribution < -0.4 is 0 Å². The van der Waals surface area contributed by atoms with Crippen molar-refractivity contribution in [2.24, 2.45) is 0 Å². The summed E-state index contributed by atoms with van der Waals surface area (Å²) in [5, 5.41) is 0. The number of benzene rings is 2. The molecule has 0 aliphatic carbocycles. The van der Waals surface area contributed by atoms with E-state index in [0.29, 0.717) is 24.1 Å². The van der Waals surface area contributed by atoms with Gasteiger partial charge in [-0.2, -0.15) is 0 Å². The van der Waals surface area contributed by atoms with Crippen molar-refractivity contribution in [3.05, 3.63) is 77.4 Å². The number of carbonyl (C=O) groups excluding carboxylic acids is 2. The highest BCUT2D eigenvalue weighted by Crippen LogP contribution is 2.22. The van der Waals surface area contributed by atoms with Crippen LogP contribution in [0.25, 0.3) is 6.08 Å². The third-order valence-electron chi connectivity index (χ3n) is 3.51. The van der Waals surface area contributed by atoms with Crippen LogP contribution in [0, 0.1) is 0 Å². The molecular weight excluding hydrogens is 262 g/mol. The average molecular weight is 277 g/mol. The summed E-state index contributed by atoms with van der Waals surface area (Å²) in [7, 11) is 0. The van der Waals surface area contributed by atoms with Crippen LogP contribution in [0.15, 0.2) is 60.7 Å². The Kier molecular flexibility index (Phi) is 3.65. The van der Waals surface area contributed by atoms with Crippen LogP contribution in [0.5, 0.6) is 0 Å². The van der Waals surface area contributed by atoms with Gasteiger partial charge in [-0.25, -0.2) is 0 Å². The molecule has 2 aromatic rings. The van der Waals surface area contributed by atoms with E-state index in [-0.39, 0.29) is 11.8 Å². The number of nitrogens with zero attached hydrogens (tertiary/aromatic N) is 1. The van der Waals surface area contributed by atoms with E-state index in [9.17, 15) is 9.59 Å². The van der Waals surface area contributed by atoms with E-state index in [1.165, 1.54) is 4.90 Å². The van der Waals surface area contributed by atoms with Crippen molar-refractivity contribution < 1.29 is 9.59 Å². The van der Waals surface area contributed by atoms with E-state index in [2.05, 4.69) is 0 Å². The molecule has 1 aliphatic rings. The van der Waals surface area contributed by atoms with Gasteiger partial charge in [-0.15, -0.1) is 0 Å². The molecular formula is C18H15NO2. The van der Waals surface area contributed by atoms with Gasteiger partial charge in [0.05, 0.1) is 11.1 Å². The van der Waals surface area contributed by atoms with E-state index in [0.717, 1.165) is 5.56 Å². The lowest BCUT2D eigenvalue weighted by Gasteiger charge is -2.11. The van der Waals surface area contributed by atoms with Gasteiger partial charge in [-0.3, -0.25) is 14.5 Å². The zero-order chi connectivity index (χ0) is 14.7. The Morgan fingerprint density at radius 1 is 0.810 bits per heavy atom. The molecule has 0 saturated heterocycles. The fourth-order valence-electron chi connectivity index (χ4n) is 2.43. The summed E-state index contributed by atoms with van der Waals surface area (Å²) in [5.74, 6) is -0.382. The van der Waals surface area contributed by atoms with Crippen molar-refractivity contribution in [1.82, 2.24) is 4.90 Å². The van der Waals surface area contributed by atoms with Gasteiger partial charge in [0.15, 0.2) is 0 Å². The van der Waals surface area contributed by atoms with Gasteiger partial charge in [-0.05, 0) is 24.1 Å². The lowest BCUT2D eigenvalue weighted by Crippen LogP contribution is -2.30. The molecule has 0 atom stereocenters. The Balaban J connectivity index is 1.64. The molecule has 3 nitrogen and oxygen atoms in total. The predicted octanol–water partition coefficient (Wildman–Crippen LogP) is 3.39. The molecule has 1 aliphatic heterocycles. The fraction of sp³-hybridized carbons (Fsp3) is 0.111. The minimum atomic E-state index is -0.191. The zero-order valence-electron chi connectivity index (χ0n) is 11.5. The number of imide groups is 1. The second-order valence-electron chi connectivity index (χ2n) is 4.91. The van der Waals surface area contributed by atoms with Crippen LogP contribution in [0.4, 0.5) is 0 Å². The lowest BCUT2D eigenvalue weighted by atomic mass is 10.1. The Bertz CT molecular complexity index is 669. The predicted molar refractivity (Wildman–Crippen MR) is 81.9 cm³/mol. The molecule has 0 aromatic heterocycles. The monoisotopic (exact) mass is 277 g/mol. The number of hydrogen-bond donors (Lipinski definition) is 0. The quantitative estimate of drug-likeness (QED) is 0.803. The second kappa shape index (κ2) is 5.75. The van der Waals surface area contributed by atoms with E-state index < -0.39 is 0 Å². The van der Waals surface area contributed by atoms with E-state index >= 15 is 0 Å². The average Bonchev–Trinajstić information content (AvgIpc) is 2.77. The summed E-state index contributed by atoms with van der Waals surface area (Å²) in [4.78, 5) is 25.6. The molecule has 0 bridgehead atoms. The van der Waals surface area contributed by atoms with Crippen molar-refractivity contribution in [3.8, 4) is 0 Å². The number of carbonyl (C=O) groups is 2. The van der Waals surface area contributed by atoms with Crippen LogP contribution >= 0.6 is 0 Å². The molecule has 2 aromatic carbocycles. The minimum Gasteiger partial charge on any atom is -0.274 e. The van der Waals surface area contributed by atoms with Crippen molar-refractivity contribution in [2.45, 2.75) is 6.42 Å². The Hall–Kier alpha value is -2.68. The smallest absolute Gasteiger partial charge is 0.261 e. The third-order valence-corrected chi connectivity index (χ3v) is 3.51. The molecule has 0 saturated carbocycles. The maximum Gasteiger partial charge on any atom is 0.261 e. The largest absolute Gasteiger partial charge is 0.274 e. The Morgan fingerprint density at radius 3 is 2.00 bits per heavy atom. The summed E-state index contributed by atoms with van der Waals surface area (Å²) >= 11 is 0. The zero-order valence-corrected chi connectivity index (χ0v) is 11.5. The van der Waals surface area contributed by atoms with E-state index in [1.54, 1.807) is 24.3 Å². The number of rotatable bonds is 4. The van der Waals surface area contributed by atoms with Gasteiger partial charge in [0.25, 0.3) is 11.8 Å². The van der Waals surface area contributed by atoms with Crippen LogP contribution in [-0.2, 0) is 0 Å². The molecule has 0 unspecified atom stereocenters. The highest BCUT2D eigenvalue weighted by molar-refractivity contribution is 6.21. The highest BCUT2D eigenvalue weighted by atomic mass is 16.2. The standard InChI is InChI=1S/C18H15NO2/c20-17-15-11-4-5-12-16(15)18(21)19(17)13-7-6-10-14-8-2-1-3-9-14/h1-6,8-12H,7,13H2/b10-6-. The molecule has 3 heteroatoms. The molecule has 2 amide bonds. The first-order chi connectivity index (χ1) is 10.3. The topological polar surface area (TPSA) is 37.4 Å². The van der Waals surface area contributed by atoms with Crippen LogP contribution in [0.1, 0.15) is 32.7 Å². The molecule has 0 spiro atoms. The number of hydrogen-bond acceptors (Lipinski definition) is 2. The molecule has 0 radical (unpaired) electrons. The first-order valence-electron chi connectivity index (χ1n) is 6.94. The Labute approximate surface area is 123 Å². The number of fused-ring (bicyclic) bond motifs is 1. The first-order valence-corrected chi connectivity index (χ1v) is 6.94. The maximum atomic E-state index is 12.2. The summed E-state index contributed by atoms with van der Waals surface area (Å²) in [6, 6.07) is 16.9. The van der Waals surface area contributed by atoms with Gasteiger partial charge in [0, 0.05) is 6.54 Å². The Morgan fingerprint density at radius 2 is 1.38 bits per heavy atom. The molecule has 21 heavy (non-hydrogen) atoms. The SMILES string of the molecule is O=C1c2ccccc2C(=O)N1CC/C=C\c1ccccc1. The van der Waals surface area contributed by atoms with Gasteiger partial charge in [0.2, 0.25) is 0 Å². The first kappa shape index (κ1) is 13.3. The second-order valence-corrected chi connectivity index (χ2v) is 4.91. The summed E-state index contributed by atoms with van der Waals surface area (Å²) < 4.78 is 0. The van der Waals surface area contributed by atoms with Crippen molar-refractivity contribution in [1.29, 1.82) is 0 Å². The minimum absolute atomic E-state index is 0.191. The highest BCUT2D eigenvalue weighted by Gasteiger charge is 2.34. The lowest BCUT2D eigenvalue weighted by molar-refractivity contribution is 0.0657. The van der Waals surface area contributed by atoms with Crippen LogP contribution in [-0.4, -0.2) is 23.3 Å². The maximum absolute atomic E-state index is 12.2. The summed E-state index contributed by atoms with van der Waals surface area (Å²) in [6.07, 6.45) is 4.64. The molecule has 1 heterocycles. The van der Waals surface area contributed by atoms with Crippen molar-refractivity contribution in [2.75, 3.05) is 6.54 Å². The molecule has 104 valence electrons. The van der Waals surface area contributed by atoms with Crippen LogP contribution in [0.3, 0.4) is 0 Å². The molecule has 0 N–H and O–H groups in total. The van der Waals surface area contributed by atoms with Crippen LogP contribution in [0.2, 0.25) is 0 Å². The van der Waals surface area contributed by atoms with Gasteiger partial charge in [0.1, 0.15) is 0 Å². The number of amides is 2. The van der Waals surface area contributed by atoms with Gasteiger partial charge in [-0.1, -0.05) is 54.6 Å². The van der Waals surface area contributed by atoms with E-state index in [1.807, 2.05) is 42.5 Å². The van der Waals surface area contributed by atoms with Crippen molar-refractivity contribution in [3.63, 3.8) is 0 Å². The fourth-order valence-corrected chi connectivity index (χ4v) is 2.43. The van der Waals surface area contributed by atoms with Crippen molar-refractivity contribution >= 4 is 17.9 Å². The van der Waals surface area contributed by atoms with Gasteiger partial charge >= 0.3 is 0 Å². The van der Waals surface area contributed by atoms with Gasteiger partial charge < -0.3 is 0 Å². The summed E-state index contributed by atoms with van der Waals surface area (Å²) in [5.41, 5.74) is 2.13. The normalized spacial score (nSPS) is 14.0. The molecule has 0 fully saturated rings.